The van der Waals surface area contributed by atoms with Crippen LogP contribution in [0.15, 0.2) is 29.3 Å². The molecular weight excluding hydrogens is 356 g/mol. The lowest BCUT2D eigenvalue weighted by Gasteiger charge is -2.08. The average Bonchev–Trinajstić information content (AvgIpc) is 3.13. The second kappa shape index (κ2) is 6.63. The van der Waals surface area contributed by atoms with E-state index in [1.165, 1.54) is 10.9 Å². The third kappa shape index (κ3) is 2.96. The van der Waals surface area contributed by atoms with E-state index in [0.29, 0.717) is 17.6 Å². The molecule has 0 spiro atoms. The van der Waals surface area contributed by atoms with Gasteiger partial charge >= 0.3 is 0 Å². The molecule has 28 heavy (non-hydrogen) atoms. The van der Waals surface area contributed by atoms with Crippen molar-refractivity contribution in [2.24, 2.45) is 7.05 Å². The van der Waals surface area contributed by atoms with Gasteiger partial charge in [0.2, 0.25) is 5.91 Å². The van der Waals surface area contributed by atoms with Crippen LogP contribution in [0.25, 0.3) is 21.9 Å². The quantitative estimate of drug-likeness (QED) is 0.566. The standard InChI is InChI=1S/C20H22N6O2/c1-11-5-6-16-14(7-11)18-19(23-16)20(28)26(10-22-18)9-17(27)21-8-15-12(2)24-25(4)13(15)3/h5-7,10,23H,8-9H2,1-4H3,(H,21,27). The summed E-state index contributed by atoms with van der Waals surface area (Å²) in [6.07, 6.45) is 1.43. The number of carbonyl (C=O) groups is 1. The Kier molecular flexibility index (Phi) is 4.26. The molecular formula is C20H22N6O2. The molecule has 8 heteroatoms. The van der Waals surface area contributed by atoms with E-state index in [0.717, 1.165) is 33.4 Å². The highest BCUT2D eigenvalue weighted by molar-refractivity contribution is 6.04. The van der Waals surface area contributed by atoms with Crippen molar-refractivity contribution < 1.29 is 4.79 Å². The summed E-state index contributed by atoms with van der Waals surface area (Å²) in [7, 11) is 1.87. The highest BCUT2D eigenvalue weighted by atomic mass is 16.2. The van der Waals surface area contributed by atoms with Crippen LogP contribution in [0.4, 0.5) is 0 Å². The van der Waals surface area contributed by atoms with Gasteiger partial charge in [0.1, 0.15) is 17.6 Å². The lowest BCUT2D eigenvalue weighted by atomic mass is 10.2. The maximum absolute atomic E-state index is 12.8. The minimum atomic E-state index is -0.261. The first-order chi connectivity index (χ1) is 13.3. The van der Waals surface area contributed by atoms with Crippen LogP contribution in [0.3, 0.4) is 0 Å². The van der Waals surface area contributed by atoms with Gasteiger partial charge in [-0.05, 0) is 32.9 Å². The summed E-state index contributed by atoms with van der Waals surface area (Å²) >= 11 is 0. The van der Waals surface area contributed by atoms with Crippen molar-refractivity contribution >= 4 is 27.8 Å². The fourth-order valence-corrected chi connectivity index (χ4v) is 3.49. The number of carbonyl (C=O) groups excluding carboxylic acids is 1. The van der Waals surface area contributed by atoms with Crippen molar-refractivity contribution in [3.05, 3.63) is 57.4 Å². The predicted molar refractivity (Wildman–Crippen MR) is 107 cm³/mol. The summed E-state index contributed by atoms with van der Waals surface area (Å²) in [5, 5.41) is 8.11. The third-order valence-corrected chi connectivity index (χ3v) is 5.16. The Morgan fingerprint density at radius 3 is 2.75 bits per heavy atom. The molecule has 0 saturated carbocycles. The van der Waals surface area contributed by atoms with Crippen LogP contribution < -0.4 is 10.9 Å². The molecule has 0 aliphatic rings. The Balaban J connectivity index is 1.57. The molecule has 0 saturated heterocycles. The molecule has 1 aromatic carbocycles. The lowest BCUT2D eigenvalue weighted by molar-refractivity contribution is -0.121. The first-order valence-corrected chi connectivity index (χ1v) is 9.08. The number of aromatic nitrogens is 5. The Bertz CT molecular complexity index is 1280. The summed E-state index contributed by atoms with van der Waals surface area (Å²) in [4.78, 5) is 32.7. The molecule has 4 aromatic rings. The van der Waals surface area contributed by atoms with Crippen LogP contribution >= 0.6 is 0 Å². The zero-order chi connectivity index (χ0) is 20.0. The molecule has 0 aliphatic heterocycles. The van der Waals surface area contributed by atoms with Crippen LogP contribution in [-0.4, -0.2) is 30.2 Å². The van der Waals surface area contributed by atoms with Gasteiger partial charge in [0.15, 0.2) is 0 Å². The SMILES string of the molecule is Cc1ccc2[nH]c3c(=O)n(CC(=O)NCc4c(C)nn(C)c4C)cnc3c2c1. The van der Waals surface area contributed by atoms with Crippen molar-refractivity contribution in [3.8, 4) is 0 Å². The number of nitrogens with zero attached hydrogens (tertiary/aromatic N) is 4. The Morgan fingerprint density at radius 2 is 2.04 bits per heavy atom. The van der Waals surface area contributed by atoms with E-state index in [-0.39, 0.29) is 18.0 Å². The number of aryl methyl sites for hydroxylation is 3. The van der Waals surface area contributed by atoms with Crippen LogP contribution in [-0.2, 0) is 24.9 Å². The fraction of sp³-hybridized carbons (Fsp3) is 0.300. The highest BCUT2D eigenvalue weighted by Gasteiger charge is 2.14. The molecule has 4 rings (SSSR count). The van der Waals surface area contributed by atoms with Gasteiger partial charge in [0.25, 0.3) is 5.56 Å². The summed E-state index contributed by atoms with van der Waals surface area (Å²) in [5.41, 5.74) is 5.61. The van der Waals surface area contributed by atoms with E-state index in [9.17, 15) is 9.59 Å². The largest absolute Gasteiger partial charge is 0.350 e. The number of nitrogens with one attached hydrogen (secondary N) is 2. The molecule has 144 valence electrons. The molecule has 8 nitrogen and oxygen atoms in total. The molecule has 3 aromatic heterocycles. The van der Waals surface area contributed by atoms with E-state index in [1.807, 2.05) is 46.0 Å². The number of amides is 1. The van der Waals surface area contributed by atoms with Crippen molar-refractivity contribution in [2.75, 3.05) is 0 Å². The van der Waals surface area contributed by atoms with Crippen LogP contribution in [0, 0.1) is 20.8 Å². The first kappa shape index (κ1) is 18.0. The van der Waals surface area contributed by atoms with Crippen molar-refractivity contribution in [3.63, 3.8) is 0 Å². The average molecular weight is 378 g/mol. The van der Waals surface area contributed by atoms with Crippen molar-refractivity contribution in [1.82, 2.24) is 29.6 Å². The van der Waals surface area contributed by atoms with Crippen LogP contribution in [0.2, 0.25) is 0 Å². The van der Waals surface area contributed by atoms with Gasteiger partial charge in [-0.3, -0.25) is 18.8 Å². The monoisotopic (exact) mass is 378 g/mol. The number of rotatable bonds is 4. The Hall–Kier alpha value is -3.42. The van der Waals surface area contributed by atoms with E-state index in [2.05, 4.69) is 20.4 Å². The summed E-state index contributed by atoms with van der Waals surface area (Å²) < 4.78 is 3.11. The minimum absolute atomic E-state index is 0.0888. The Labute approximate surface area is 161 Å². The van der Waals surface area contributed by atoms with Gasteiger partial charge in [0.05, 0.1) is 12.0 Å². The molecule has 0 aliphatic carbocycles. The number of aromatic amines is 1. The predicted octanol–water partition coefficient (Wildman–Crippen LogP) is 1.85. The van der Waals surface area contributed by atoms with Crippen molar-refractivity contribution in [2.45, 2.75) is 33.9 Å². The topological polar surface area (TPSA) is 97.6 Å². The molecule has 3 heterocycles. The van der Waals surface area contributed by atoms with Gasteiger partial charge in [-0.25, -0.2) is 4.98 Å². The summed E-state index contributed by atoms with van der Waals surface area (Å²) in [5.74, 6) is -0.252. The number of H-pyrrole nitrogens is 1. The molecule has 1 amide bonds. The maximum Gasteiger partial charge on any atom is 0.278 e. The maximum atomic E-state index is 12.8. The van der Waals surface area contributed by atoms with E-state index in [4.69, 9.17) is 0 Å². The molecule has 0 atom stereocenters. The third-order valence-electron chi connectivity index (χ3n) is 5.16. The van der Waals surface area contributed by atoms with Gasteiger partial charge in [-0.15, -0.1) is 0 Å². The van der Waals surface area contributed by atoms with Crippen LogP contribution in [0.5, 0.6) is 0 Å². The van der Waals surface area contributed by atoms with Gasteiger partial charge in [0, 0.05) is 35.8 Å². The zero-order valence-corrected chi connectivity index (χ0v) is 16.3. The van der Waals surface area contributed by atoms with Gasteiger partial charge in [-0.1, -0.05) is 11.6 Å². The second-order valence-corrected chi connectivity index (χ2v) is 7.12. The zero-order valence-electron chi connectivity index (χ0n) is 16.3. The minimum Gasteiger partial charge on any atom is -0.350 e. The Morgan fingerprint density at radius 1 is 1.25 bits per heavy atom. The van der Waals surface area contributed by atoms with Crippen molar-refractivity contribution in [1.29, 1.82) is 0 Å². The molecule has 0 radical (unpaired) electrons. The second-order valence-electron chi connectivity index (χ2n) is 7.12. The van der Waals surface area contributed by atoms with Gasteiger partial charge in [-0.2, -0.15) is 5.10 Å². The normalized spacial score (nSPS) is 11.4. The van der Waals surface area contributed by atoms with E-state index >= 15 is 0 Å². The summed E-state index contributed by atoms with van der Waals surface area (Å²) in [6, 6.07) is 5.91. The lowest BCUT2D eigenvalue weighted by Crippen LogP contribution is -2.32. The number of fused-ring (bicyclic) bond motifs is 3. The number of benzene rings is 1. The van der Waals surface area contributed by atoms with Crippen LogP contribution in [0.1, 0.15) is 22.5 Å². The summed E-state index contributed by atoms with van der Waals surface area (Å²) in [6.45, 7) is 6.15. The first-order valence-electron chi connectivity index (χ1n) is 9.08. The molecule has 0 fully saturated rings. The molecule has 0 unspecified atom stereocenters. The highest BCUT2D eigenvalue weighted by Crippen LogP contribution is 2.22. The number of hydrogen-bond donors (Lipinski definition) is 2. The molecule has 0 bridgehead atoms. The number of hydrogen-bond acceptors (Lipinski definition) is 4. The van der Waals surface area contributed by atoms with Gasteiger partial charge < -0.3 is 10.3 Å². The van der Waals surface area contributed by atoms with E-state index < -0.39 is 0 Å². The van der Waals surface area contributed by atoms with E-state index in [1.54, 1.807) is 4.68 Å². The fourth-order valence-electron chi connectivity index (χ4n) is 3.49. The molecule has 2 N–H and O–H groups in total. The smallest absolute Gasteiger partial charge is 0.278 e.